The number of aromatic nitrogens is 2. The Bertz CT molecular complexity index is 1030. The van der Waals surface area contributed by atoms with Crippen molar-refractivity contribution < 1.29 is 4.79 Å². The van der Waals surface area contributed by atoms with E-state index in [-0.39, 0.29) is 11.5 Å². The van der Waals surface area contributed by atoms with Crippen LogP contribution in [0, 0.1) is 0 Å². The number of hydrogen-bond donors (Lipinski definition) is 1. The van der Waals surface area contributed by atoms with E-state index >= 15 is 0 Å². The average Bonchev–Trinajstić information content (AvgIpc) is 3.49. The minimum atomic E-state index is -0.231. The van der Waals surface area contributed by atoms with Crippen LogP contribution in [0.4, 0.5) is 0 Å². The summed E-state index contributed by atoms with van der Waals surface area (Å²) >= 11 is 7.35. The fourth-order valence-corrected chi connectivity index (χ4v) is 3.41. The predicted octanol–water partition coefficient (Wildman–Crippen LogP) is 3.93. The molecule has 1 aliphatic rings. The zero-order valence-corrected chi connectivity index (χ0v) is 15.8. The largest absolute Gasteiger partial charge is 0.349 e. The van der Waals surface area contributed by atoms with Gasteiger partial charge in [-0.25, -0.2) is 0 Å². The zero-order chi connectivity index (χ0) is 18.8. The van der Waals surface area contributed by atoms with Crippen LogP contribution in [0.1, 0.15) is 23.2 Å². The van der Waals surface area contributed by atoms with Crippen LogP contribution in [0.25, 0.3) is 5.69 Å². The number of carbonyl (C=O) groups excluding carboxylic acids is 1. The lowest BCUT2D eigenvalue weighted by Gasteiger charge is -2.08. The van der Waals surface area contributed by atoms with E-state index in [1.807, 2.05) is 24.3 Å². The fourth-order valence-electron chi connectivity index (χ4n) is 2.51. The van der Waals surface area contributed by atoms with Gasteiger partial charge < -0.3 is 5.32 Å². The maximum Gasteiger partial charge on any atom is 0.271 e. The first-order chi connectivity index (χ1) is 13.1. The summed E-state index contributed by atoms with van der Waals surface area (Å²) in [4.78, 5) is 25.3. The van der Waals surface area contributed by atoms with E-state index in [1.165, 1.54) is 22.5 Å². The third kappa shape index (κ3) is 4.40. The van der Waals surface area contributed by atoms with Crippen molar-refractivity contribution in [2.45, 2.75) is 28.8 Å². The molecular weight excluding hydrogens is 382 g/mol. The van der Waals surface area contributed by atoms with Gasteiger partial charge >= 0.3 is 0 Å². The van der Waals surface area contributed by atoms with Gasteiger partial charge in [0.2, 0.25) is 0 Å². The second kappa shape index (κ2) is 7.58. The highest BCUT2D eigenvalue weighted by Crippen LogP contribution is 2.26. The van der Waals surface area contributed by atoms with Crippen molar-refractivity contribution in [3.8, 4) is 5.69 Å². The maximum absolute atomic E-state index is 12.2. The number of halogens is 1. The number of amides is 1. The number of carbonyl (C=O) groups is 1. The summed E-state index contributed by atoms with van der Waals surface area (Å²) in [6, 6.07) is 17.8. The molecular formula is C20H16ClN3O2S. The first-order valence-corrected chi connectivity index (χ1v) is 9.73. The van der Waals surface area contributed by atoms with Gasteiger partial charge in [-0.1, -0.05) is 23.4 Å². The van der Waals surface area contributed by atoms with Gasteiger partial charge in [0.1, 0.15) is 5.03 Å². The Kier molecular flexibility index (Phi) is 5.01. The van der Waals surface area contributed by atoms with E-state index in [1.54, 1.807) is 30.3 Å². The van der Waals surface area contributed by atoms with Crippen molar-refractivity contribution in [1.29, 1.82) is 0 Å². The molecule has 0 saturated heterocycles. The van der Waals surface area contributed by atoms with Crippen molar-refractivity contribution in [3.63, 3.8) is 0 Å². The third-order valence-corrected chi connectivity index (χ3v) is 5.29. The molecule has 2 aromatic carbocycles. The topological polar surface area (TPSA) is 64.0 Å². The summed E-state index contributed by atoms with van der Waals surface area (Å²) in [7, 11) is 0. The molecule has 0 bridgehead atoms. The summed E-state index contributed by atoms with van der Waals surface area (Å²) in [6.07, 6.45) is 2.09. The molecule has 1 N–H and O–H groups in total. The molecule has 5 nitrogen and oxygen atoms in total. The Morgan fingerprint density at radius 3 is 2.41 bits per heavy atom. The quantitative estimate of drug-likeness (QED) is 0.708. The number of benzene rings is 2. The van der Waals surface area contributed by atoms with Crippen LogP contribution in [-0.2, 0) is 0 Å². The maximum atomic E-state index is 12.2. The van der Waals surface area contributed by atoms with Crippen LogP contribution in [0.2, 0.25) is 5.02 Å². The number of nitrogens with zero attached hydrogens (tertiary/aromatic N) is 2. The molecule has 0 atom stereocenters. The lowest BCUT2D eigenvalue weighted by Crippen LogP contribution is -2.25. The number of hydrogen-bond acceptors (Lipinski definition) is 4. The van der Waals surface area contributed by atoms with Crippen LogP contribution in [-0.4, -0.2) is 21.7 Å². The summed E-state index contributed by atoms with van der Waals surface area (Å²) in [5, 5.41) is 8.73. The van der Waals surface area contributed by atoms with Gasteiger partial charge in [-0.2, -0.15) is 9.78 Å². The van der Waals surface area contributed by atoms with Gasteiger partial charge in [0.15, 0.2) is 0 Å². The van der Waals surface area contributed by atoms with Gasteiger partial charge in [-0.05, 0) is 67.4 Å². The zero-order valence-electron chi connectivity index (χ0n) is 14.3. The highest BCUT2D eigenvalue weighted by molar-refractivity contribution is 7.99. The van der Waals surface area contributed by atoms with Crippen LogP contribution < -0.4 is 10.9 Å². The first kappa shape index (κ1) is 17.8. The van der Waals surface area contributed by atoms with Crippen molar-refractivity contribution in [1.82, 2.24) is 15.1 Å². The number of nitrogens with one attached hydrogen (secondary N) is 1. The molecule has 1 heterocycles. The Balaban J connectivity index is 1.56. The molecule has 0 spiro atoms. The predicted molar refractivity (Wildman–Crippen MR) is 106 cm³/mol. The average molecular weight is 398 g/mol. The summed E-state index contributed by atoms with van der Waals surface area (Å²) in [5.41, 5.74) is 0.956. The molecule has 1 amide bonds. The van der Waals surface area contributed by atoms with Crippen molar-refractivity contribution >= 4 is 29.3 Å². The van der Waals surface area contributed by atoms with E-state index in [2.05, 4.69) is 10.4 Å². The molecule has 1 aromatic heterocycles. The van der Waals surface area contributed by atoms with Crippen LogP contribution in [0.15, 0.2) is 75.4 Å². The second-order valence-corrected chi connectivity index (χ2v) is 7.80. The monoisotopic (exact) mass is 397 g/mol. The molecule has 1 aliphatic carbocycles. The second-order valence-electron chi connectivity index (χ2n) is 6.27. The molecule has 0 radical (unpaired) electrons. The summed E-state index contributed by atoms with van der Waals surface area (Å²) < 4.78 is 1.33. The smallest absolute Gasteiger partial charge is 0.271 e. The molecule has 1 saturated carbocycles. The summed E-state index contributed by atoms with van der Waals surface area (Å²) in [5.74, 6) is -0.0867. The minimum absolute atomic E-state index is 0.0867. The Morgan fingerprint density at radius 2 is 1.74 bits per heavy atom. The first-order valence-electron chi connectivity index (χ1n) is 8.53. The van der Waals surface area contributed by atoms with Crippen molar-refractivity contribution in [3.05, 3.63) is 81.6 Å². The molecule has 136 valence electrons. The van der Waals surface area contributed by atoms with E-state index < -0.39 is 0 Å². The van der Waals surface area contributed by atoms with E-state index in [9.17, 15) is 9.59 Å². The van der Waals surface area contributed by atoms with Crippen LogP contribution in [0.5, 0.6) is 0 Å². The SMILES string of the molecule is O=C(NC1CC1)c1ccc(-n2nc(Sc3ccc(Cl)cc3)ccc2=O)cc1. The van der Waals surface area contributed by atoms with E-state index in [4.69, 9.17) is 11.6 Å². The van der Waals surface area contributed by atoms with Gasteiger partial charge in [-0.3, -0.25) is 9.59 Å². The molecule has 0 aliphatic heterocycles. The van der Waals surface area contributed by atoms with Crippen LogP contribution >= 0.6 is 23.4 Å². The molecule has 27 heavy (non-hydrogen) atoms. The van der Waals surface area contributed by atoms with Gasteiger partial charge in [0.05, 0.1) is 5.69 Å². The van der Waals surface area contributed by atoms with Gasteiger partial charge in [-0.15, -0.1) is 0 Å². The number of rotatable bonds is 5. The highest BCUT2D eigenvalue weighted by Gasteiger charge is 2.23. The van der Waals surface area contributed by atoms with Gasteiger partial charge in [0.25, 0.3) is 11.5 Å². The Morgan fingerprint density at radius 1 is 1.04 bits per heavy atom. The molecule has 4 rings (SSSR count). The molecule has 3 aromatic rings. The van der Waals surface area contributed by atoms with E-state index in [0.29, 0.717) is 27.3 Å². The lowest BCUT2D eigenvalue weighted by atomic mass is 10.2. The molecule has 1 fully saturated rings. The Hall–Kier alpha value is -2.57. The lowest BCUT2D eigenvalue weighted by molar-refractivity contribution is 0.0951. The van der Waals surface area contributed by atoms with E-state index in [0.717, 1.165) is 17.7 Å². The molecule has 7 heteroatoms. The van der Waals surface area contributed by atoms with Crippen molar-refractivity contribution in [2.24, 2.45) is 0 Å². The standard InChI is InChI=1S/C20H16ClN3O2S/c21-14-3-9-17(10-4-14)27-18-11-12-19(25)24(23-18)16-7-1-13(2-8-16)20(26)22-15-5-6-15/h1-4,7-12,15H,5-6H2,(H,22,26). The summed E-state index contributed by atoms with van der Waals surface area (Å²) in [6.45, 7) is 0. The minimum Gasteiger partial charge on any atom is -0.349 e. The normalized spacial score (nSPS) is 13.4. The fraction of sp³-hybridized carbons (Fsp3) is 0.150. The van der Waals surface area contributed by atoms with Crippen molar-refractivity contribution in [2.75, 3.05) is 0 Å². The molecule has 0 unspecified atom stereocenters. The Labute approximate surface area is 165 Å². The van der Waals surface area contributed by atoms with Crippen LogP contribution in [0.3, 0.4) is 0 Å². The third-order valence-electron chi connectivity index (χ3n) is 4.10. The highest BCUT2D eigenvalue weighted by atomic mass is 35.5. The van der Waals surface area contributed by atoms with Gasteiger partial charge in [0, 0.05) is 27.6 Å².